The Morgan fingerprint density at radius 1 is 0.287 bits per heavy atom. The number of hydrogen-bond donors (Lipinski definition) is 3. The van der Waals surface area contributed by atoms with Crippen LogP contribution >= 0.6 is 15.6 Å². The number of esters is 4. The average molecular weight is 1380 g/mol. The monoisotopic (exact) mass is 1380 g/mol. The topological polar surface area (TPSA) is 237 Å². The maximum absolute atomic E-state index is 13.1. The van der Waals surface area contributed by atoms with Gasteiger partial charge in [-0.05, 0) is 77.0 Å². The van der Waals surface area contributed by atoms with Gasteiger partial charge < -0.3 is 33.8 Å². The van der Waals surface area contributed by atoms with E-state index in [2.05, 4.69) is 52.0 Å². The zero-order valence-electron chi connectivity index (χ0n) is 60.4. The lowest BCUT2D eigenvalue weighted by Gasteiger charge is -2.21. The van der Waals surface area contributed by atoms with Crippen molar-refractivity contribution in [1.82, 2.24) is 0 Å². The lowest BCUT2D eigenvalue weighted by molar-refractivity contribution is -0.161. The Balaban J connectivity index is 5.30. The molecule has 5 atom stereocenters. The third-order valence-corrected chi connectivity index (χ3v) is 18.8. The molecule has 0 amide bonds. The minimum atomic E-state index is -4.96. The first-order chi connectivity index (χ1) is 45.7. The van der Waals surface area contributed by atoms with Crippen LogP contribution in [0.5, 0.6) is 0 Å². The fourth-order valence-electron chi connectivity index (χ4n) is 11.0. The summed E-state index contributed by atoms with van der Waals surface area (Å²) in [5, 5.41) is 10.6. The molecule has 0 aliphatic carbocycles. The van der Waals surface area contributed by atoms with Crippen LogP contribution in [0.1, 0.15) is 374 Å². The van der Waals surface area contributed by atoms with E-state index in [1.807, 2.05) is 0 Å². The van der Waals surface area contributed by atoms with E-state index in [-0.39, 0.29) is 25.7 Å². The Kier molecular flexibility index (Phi) is 67.2. The van der Waals surface area contributed by atoms with Crippen LogP contribution in [0.15, 0.2) is 24.3 Å². The number of carbonyl (C=O) groups excluding carboxylic acids is 4. The molecule has 0 bridgehead atoms. The Morgan fingerprint density at radius 2 is 0.489 bits per heavy atom. The van der Waals surface area contributed by atoms with Crippen LogP contribution in [-0.4, -0.2) is 96.7 Å². The van der Waals surface area contributed by atoms with Crippen molar-refractivity contribution in [1.29, 1.82) is 0 Å². The summed E-state index contributed by atoms with van der Waals surface area (Å²) in [5.74, 6) is -2.15. The van der Waals surface area contributed by atoms with Gasteiger partial charge in [0, 0.05) is 25.7 Å². The van der Waals surface area contributed by atoms with Crippen LogP contribution in [0.25, 0.3) is 0 Å². The van der Waals surface area contributed by atoms with Crippen molar-refractivity contribution >= 4 is 39.5 Å². The third kappa shape index (κ3) is 68.1. The van der Waals surface area contributed by atoms with Crippen LogP contribution in [-0.2, 0) is 65.4 Å². The Bertz CT molecular complexity index is 1880. The van der Waals surface area contributed by atoms with Gasteiger partial charge in [0.2, 0.25) is 0 Å². The van der Waals surface area contributed by atoms with Gasteiger partial charge in [-0.2, -0.15) is 0 Å². The van der Waals surface area contributed by atoms with E-state index in [0.717, 1.165) is 122 Å². The summed E-state index contributed by atoms with van der Waals surface area (Å²) < 4.78 is 68.5. The molecule has 0 heterocycles. The summed E-state index contributed by atoms with van der Waals surface area (Å²) in [4.78, 5) is 72.8. The number of hydrogen-bond acceptors (Lipinski definition) is 15. The van der Waals surface area contributed by atoms with Crippen molar-refractivity contribution in [3.05, 3.63) is 24.3 Å². The van der Waals surface area contributed by atoms with Crippen molar-refractivity contribution in [2.75, 3.05) is 39.6 Å². The number of aliphatic hydroxyl groups is 1. The number of aliphatic hydroxyl groups excluding tert-OH is 1. The highest BCUT2D eigenvalue weighted by Crippen LogP contribution is 2.45. The van der Waals surface area contributed by atoms with Gasteiger partial charge in [0.1, 0.15) is 19.3 Å². The number of phosphoric acid groups is 2. The number of allylic oxidation sites excluding steroid dienone is 4. The highest BCUT2D eigenvalue weighted by molar-refractivity contribution is 7.47. The average Bonchev–Trinajstić information content (AvgIpc) is 1.83. The molecule has 17 nitrogen and oxygen atoms in total. The minimum Gasteiger partial charge on any atom is -0.462 e. The van der Waals surface area contributed by atoms with Crippen LogP contribution in [0.3, 0.4) is 0 Å². The number of unbranched alkanes of at least 4 members (excludes halogenated alkanes) is 44. The summed E-state index contributed by atoms with van der Waals surface area (Å²) in [7, 11) is -9.92. The van der Waals surface area contributed by atoms with Crippen LogP contribution in [0.2, 0.25) is 0 Å². The first-order valence-corrected chi connectivity index (χ1v) is 41.6. The molecular weight excluding hydrogens is 1230 g/mol. The molecule has 0 fully saturated rings. The molecule has 554 valence electrons. The van der Waals surface area contributed by atoms with Crippen molar-refractivity contribution in [3.8, 4) is 0 Å². The molecule has 0 aromatic heterocycles. The van der Waals surface area contributed by atoms with E-state index in [0.29, 0.717) is 25.7 Å². The maximum Gasteiger partial charge on any atom is 0.472 e. The fraction of sp³-hybridized carbons (Fsp3) is 0.893. The molecule has 0 radical (unpaired) electrons. The minimum absolute atomic E-state index is 0.0909. The molecule has 0 spiro atoms. The number of rotatable bonds is 74. The van der Waals surface area contributed by atoms with E-state index in [9.17, 15) is 43.2 Å². The second-order valence-corrected chi connectivity index (χ2v) is 29.2. The predicted octanol–water partition coefficient (Wildman–Crippen LogP) is 21.8. The lowest BCUT2D eigenvalue weighted by Crippen LogP contribution is -2.30. The molecule has 2 unspecified atom stereocenters. The van der Waals surface area contributed by atoms with Crippen LogP contribution in [0, 0.1) is 0 Å². The number of carbonyl (C=O) groups is 4. The molecule has 0 rings (SSSR count). The molecule has 0 saturated carbocycles. The second-order valence-electron chi connectivity index (χ2n) is 26.3. The molecule has 0 aliphatic rings. The molecule has 94 heavy (non-hydrogen) atoms. The highest BCUT2D eigenvalue weighted by Gasteiger charge is 2.30. The van der Waals surface area contributed by atoms with Gasteiger partial charge in [0.15, 0.2) is 12.2 Å². The SMILES string of the molecule is CCCCCC/C=C\CCCCCCCC(=O)OC[C@H](COP(=O)(O)OC[C@H](O)COP(=O)(O)OC[C@@H](COC(=O)CCCCCCCCCCCCCCC)OC(=O)CCCCCCCCCCCCCCC)OC(=O)CCCCCCC/C=C\CCCCCCCC. The molecule has 0 aliphatic heterocycles. The Labute approximate surface area is 573 Å². The number of ether oxygens (including phenoxy) is 4. The summed E-state index contributed by atoms with van der Waals surface area (Å²) >= 11 is 0. The normalized spacial score (nSPS) is 14.1. The zero-order valence-corrected chi connectivity index (χ0v) is 62.2. The highest BCUT2D eigenvalue weighted by atomic mass is 31.2. The van der Waals surface area contributed by atoms with Gasteiger partial charge in [-0.25, -0.2) is 9.13 Å². The zero-order chi connectivity index (χ0) is 69.0. The van der Waals surface area contributed by atoms with E-state index in [1.165, 1.54) is 173 Å². The Hall–Kier alpha value is -2.46. The van der Waals surface area contributed by atoms with Crippen molar-refractivity contribution in [3.63, 3.8) is 0 Å². The van der Waals surface area contributed by atoms with Crippen LogP contribution in [0.4, 0.5) is 0 Å². The summed E-state index contributed by atoms with van der Waals surface area (Å²) in [6.07, 6.45) is 61.6. The number of phosphoric ester groups is 2. The van der Waals surface area contributed by atoms with Gasteiger partial charge in [-0.1, -0.05) is 296 Å². The van der Waals surface area contributed by atoms with Crippen molar-refractivity contribution < 1.29 is 80.2 Å². The second kappa shape index (κ2) is 69.0. The van der Waals surface area contributed by atoms with Gasteiger partial charge in [-0.15, -0.1) is 0 Å². The van der Waals surface area contributed by atoms with Gasteiger partial charge in [-0.3, -0.25) is 37.3 Å². The third-order valence-electron chi connectivity index (χ3n) is 16.9. The lowest BCUT2D eigenvalue weighted by atomic mass is 10.0. The van der Waals surface area contributed by atoms with Crippen molar-refractivity contribution in [2.45, 2.75) is 393 Å². The first kappa shape index (κ1) is 91.5. The molecular formula is C75H142O17P2. The fourth-order valence-corrected chi connectivity index (χ4v) is 12.6. The van der Waals surface area contributed by atoms with E-state index < -0.39 is 97.5 Å². The van der Waals surface area contributed by atoms with E-state index in [4.69, 9.17) is 37.0 Å². The van der Waals surface area contributed by atoms with Crippen LogP contribution < -0.4 is 0 Å². The van der Waals surface area contributed by atoms with Gasteiger partial charge in [0.25, 0.3) is 0 Å². The quantitative estimate of drug-likeness (QED) is 0.0169. The molecule has 19 heteroatoms. The summed E-state index contributed by atoms with van der Waals surface area (Å²) in [5.41, 5.74) is 0. The maximum atomic E-state index is 13.1. The van der Waals surface area contributed by atoms with E-state index >= 15 is 0 Å². The largest absolute Gasteiger partial charge is 0.472 e. The van der Waals surface area contributed by atoms with Gasteiger partial charge >= 0.3 is 39.5 Å². The molecule has 0 saturated heterocycles. The molecule has 3 N–H and O–H groups in total. The summed E-state index contributed by atoms with van der Waals surface area (Å²) in [6.45, 7) is 4.92. The molecule has 0 aromatic carbocycles. The Morgan fingerprint density at radius 3 is 0.745 bits per heavy atom. The van der Waals surface area contributed by atoms with E-state index in [1.54, 1.807) is 0 Å². The summed E-state index contributed by atoms with van der Waals surface area (Å²) in [6, 6.07) is 0. The first-order valence-electron chi connectivity index (χ1n) is 38.6. The van der Waals surface area contributed by atoms with Crippen molar-refractivity contribution in [2.24, 2.45) is 0 Å². The molecule has 0 aromatic rings. The predicted molar refractivity (Wildman–Crippen MR) is 381 cm³/mol. The smallest absolute Gasteiger partial charge is 0.462 e. The van der Waals surface area contributed by atoms with Gasteiger partial charge in [0.05, 0.1) is 26.4 Å². The standard InChI is InChI=1S/C75H142O17P2/c1-5-9-13-17-21-25-29-33-34-38-42-46-50-54-58-62-75(80)92-71(66-86-73(78)60-56-52-48-44-40-36-31-27-23-19-15-11-7-3)68-90-94(83,84)88-64-69(76)63-87-93(81,82)89-67-70(91-74(79)61-57-53-49-45-41-37-32-28-24-20-16-12-8-4)65-85-72(77)59-55-51-47-43-39-35-30-26-22-18-14-10-6-2/h27,31,33-34,69-71,76H,5-26,28-30,32,35-68H2,1-4H3,(H,81,82)(H,83,84)/b31-27-,34-33-/t69-,70-,71-/m1/s1.